The van der Waals surface area contributed by atoms with Crippen LogP contribution in [-0.4, -0.2) is 52.6 Å². The maximum absolute atomic E-state index is 13.4. The van der Waals surface area contributed by atoms with Crippen molar-refractivity contribution in [2.24, 2.45) is 0 Å². The maximum Gasteiger partial charge on any atom is 0.251 e. The van der Waals surface area contributed by atoms with Crippen LogP contribution < -0.4 is 40.9 Å². The number of rotatable bonds is 11. The average Bonchev–Trinajstić information content (AvgIpc) is 3.26. The summed E-state index contributed by atoms with van der Waals surface area (Å²) < 4.78 is 17.0. The molecule has 1 aliphatic rings. The Labute approximate surface area is 256 Å². The second-order valence-corrected chi connectivity index (χ2v) is 10.3. The third kappa shape index (κ3) is 7.11. The van der Waals surface area contributed by atoms with Gasteiger partial charge in [0.15, 0.2) is 11.5 Å². The molecular formula is C33H38N4O7. The van der Waals surface area contributed by atoms with Gasteiger partial charge in [0, 0.05) is 43.8 Å². The van der Waals surface area contributed by atoms with E-state index in [4.69, 9.17) is 14.2 Å². The molecule has 4 rings (SSSR count). The molecule has 1 aliphatic carbocycles. The number of amides is 3. The Morgan fingerprint density at radius 2 is 1.66 bits per heavy atom. The SMILES string of the molecule is CNC(=O)c1ccc(NC(=O)CCCNc2ccc3c(cc2=O)[C@@H](NC(C)=O)CCc2cc(OC)c(OC)c(OC)c2-3)cc1. The summed E-state index contributed by atoms with van der Waals surface area (Å²) in [6.07, 6.45) is 1.87. The Hall–Kier alpha value is -5.06. The van der Waals surface area contributed by atoms with Gasteiger partial charge >= 0.3 is 0 Å². The molecule has 44 heavy (non-hydrogen) atoms. The van der Waals surface area contributed by atoms with Gasteiger partial charge in [-0.2, -0.15) is 0 Å². The normalized spacial score (nSPS) is 13.3. The first-order chi connectivity index (χ1) is 21.2. The van der Waals surface area contributed by atoms with E-state index in [0.29, 0.717) is 65.6 Å². The van der Waals surface area contributed by atoms with Gasteiger partial charge in [0.1, 0.15) is 0 Å². The van der Waals surface area contributed by atoms with E-state index in [0.717, 1.165) is 16.7 Å². The summed E-state index contributed by atoms with van der Waals surface area (Å²) in [5.74, 6) is 0.857. The molecule has 3 aromatic rings. The molecule has 232 valence electrons. The minimum atomic E-state index is -0.404. The van der Waals surface area contributed by atoms with Crippen molar-refractivity contribution in [3.8, 4) is 28.4 Å². The van der Waals surface area contributed by atoms with Crippen molar-refractivity contribution in [1.82, 2.24) is 10.6 Å². The van der Waals surface area contributed by atoms with Crippen LogP contribution in [0.15, 0.2) is 53.3 Å². The van der Waals surface area contributed by atoms with Gasteiger partial charge in [-0.1, -0.05) is 6.07 Å². The van der Waals surface area contributed by atoms with Crippen LogP contribution in [0.1, 0.15) is 53.7 Å². The maximum atomic E-state index is 13.4. The number of methoxy groups -OCH3 is 3. The molecule has 0 radical (unpaired) electrons. The predicted molar refractivity (Wildman–Crippen MR) is 169 cm³/mol. The molecule has 0 fully saturated rings. The van der Waals surface area contributed by atoms with Crippen molar-refractivity contribution >= 4 is 29.1 Å². The highest BCUT2D eigenvalue weighted by atomic mass is 16.5. The number of ether oxygens (including phenoxy) is 3. The highest BCUT2D eigenvalue weighted by Gasteiger charge is 2.29. The predicted octanol–water partition coefficient (Wildman–Crippen LogP) is 4.05. The first-order valence-corrected chi connectivity index (χ1v) is 14.3. The smallest absolute Gasteiger partial charge is 0.251 e. The van der Waals surface area contributed by atoms with E-state index >= 15 is 0 Å². The highest BCUT2D eigenvalue weighted by Crippen LogP contribution is 2.50. The fourth-order valence-electron chi connectivity index (χ4n) is 5.40. The van der Waals surface area contributed by atoms with E-state index in [-0.39, 0.29) is 29.6 Å². The van der Waals surface area contributed by atoms with Gasteiger partial charge in [-0.15, -0.1) is 0 Å². The molecule has 0 bridgehead atoms. The van der Waals surface area contributed by atoms with Crippen LogP contribution in [0.5, 0.6) is 17.2 Å². The van der Waals surface area contributed by atoms with Crippen molar-refractivity contribution in [3.63, 3.8) is 0 Å². The monoisotopic (exact) mass is 602 g/mol. The molecule has 0 unspecified atom stereocenters. The molecule has 0 aromatic heterocycles. The van der Waals surface area contributed by atoms with E-state index in [1.165, 1.54) is 14.0 Å². The molecule has 0 aliphatic heterocycles. The lowest BCUT2D eigenvalue weighted by molar-refractivity contribution is -0.119. The van der Waals surface area contributed by atoms with Gasteiger partial charge < -0.3 is 35.5 Å². The summed E-state index contributed by atoms with van der Waals surface area (Å²) in [6, 6.07) is 13.2. The quantitative estimate of drug-likeness (QED) is 0.241. The number of hydrogen-bond acceptors (Lipinski definition) is 8. The van der Waals surface area contributed by atoms with E-state index in [9.17, 15) is 19.2 Å². The standard InChI is InChI=1S/C33H38N4O7/c1-19(38)36-25-14-10-21-17-28(42-3)31(43-4)32(44-5)30(21)23-13-15-26(27(39)18-24(23)25)35-16-6-7-29(40)37-22-11-8-20(9-12-22)33(41)34-2/h8-9,11-13,15,17-18,25H,6-7,10,14,16H2,1-5H3,(H,34,41)(H,35,39)(H,36,38)(H,37,40)/t25-/m0/s1. The summed E-state index contributed by atoms with van der Waals surface area (Å²) in [5.41, 5.74) is 4.33. The average molecular weight is 603 g/mol. The van der Waals surface area contributed by atoms with Crippen molar-refractivity contribution in [2.75, 3.05) is 45.6 Å². The Morgan fingerprint density at radius 3 is 2.30 bits per heavy atom. The second kappa shape index (κ2) is 14.4. The van der Waals surface area contributed by atoms with Crippen LogP contribution in [0.4, 0.5) is 11.4 Å². The van der Waals surface area contributed by atoms with Crippen molar-refractivity contribution in [3.05, 3.63) is 75.4 Å². The molecular weight excluding hydrogens is 564 g/mol. The van der Waals surface area contributed by atoms with Crippen molar-refractivity contribution in [2.45, 2.75) is 38.6 Å². The molecule has 0 saturated carbocycles. The van der Waals surface area contributed by atoms with E-state index in [2.05, 4.69) is 21.3 Å². The van der Waals surface area contributed by atoms with E-state index in [1.807, 2.05) is 12.1 Å². The Morgan fingerprint density at radius 1 is 0.932 bits per heavy atom. The number of carbonyl (C=O) groups excluding carboxylic acids is 3. The van der Waals surface area contributed by atoms with Gasteiger partial charge in [0.05, 0.1) is 33.1 Å². The number of aryl methyl sites for hydroxylation is 1. The Balaban J connectivity index is 1.56. The van der Waals surface area contributed by atoms with Crippen LogP contribution in [0.3, 0.4) is 0 Å². The van der Waals surface area contributed by atoms with Gasteiger partial charge in [0.2, 0.25) is 23.0 Å². The zero-order chi connectivity index (χ0) is 31.8. The summed E-state index contributed by atoms with van der Waals surface area (Å²) in [4.78, 5) is 49.8. The molecule has 3 amide bonds. The van der Waals surface area contributed by atoms with Crippen LogP contribution >= 0.6 is 0 Å². The first-order valence-electron chi connectivity index (χ1n) is 14.3. The number of anilines is 2. The van der Waals surface area contributed by atoms with Crippen LogP contribution in [0.25, 0.3) is 11.1 Å². The lowest BCUT2D eigenvalue weighted by atomic mass is 9.95. The van der Waals surface area contributed by atoms with Gasteiger partial charge in [-0.05, 0) is 78.4 Å². The fourth-order valence-corrected chi connectivity index (χ4v) is 5.40. The minimum Gasteiger partial charge on any atom is -0.493 e. The van der Waals surface area contributed by atoms with Gasteiger partial charge in [0.25, 0.3) is 5.91 Å². The topological polar surface area (TPSA) is 144 Å². The van der Waals surface area contributed by atoms with Gasteiger partial charge in [-0.3, -0.25) is 19.2 Å². The molecule has 0 heterocycles. The molecule has 1 atom stereocenters. The minimum absolute atomic E-state index is 0.182. The molecule has 11 nitrogen and oxygen atoms in total. The summed E-state index contributed by atoms with van der Waals surface area (Å²) in [6.45, 7) is 1.83. The zero-order valence-electron chi connectivity index (χ0n) is 25.6. The van der Waals surface area contributed by atoms with E-state index in [1.54, 1.807) is 57.7 Å². The van der Waals surface area contributed by atoms with Crippen molar-refractivity contribution < 1.29 is 28.6 Å². The highest BCUT2D eigenvalue weighted by molar-refractivity contribution is 5.95. The summed E-state index contributed by atoms with van der Waals surface area (Å²) >= 11 is 0. The van der Waals surface area contributed by atoms with Crippen LogP contribution in [0.2, 0.25) is 0 Å². The number of fused-ring (bicyclic) bond motifs is 3. The van der Waals surface area contributed by atoms with Crippen molar-refractivity contribution in [1.29, 1.82) is 0 Å². The number of hydrogen-bond donors (Lipinski definition) is 4. The Bertz CT molecular complexity index is 1610. The third-order valence-electron chi connectivity index (χ3n) is 7.47. The number of nitrogens with one attached hydrogen (secondary N) is 4. The first kappa shape index (κ1) is 31.9. The molecule has 0 saturated heterocycles. The zero-order valence-corrected chi connectivity index (χ0v) is 25.6. The Kier molecular flexibility index (Phi) is 10.4. The van der Waals surface area contributed by atoms with Crippen LogP contribution in [-0.2, 0) is 16.0 Å². The van der Waals surface area contributed by atoms with Gasteiger partial charge in [-0.25, -0.2) is 0 Å². The number of benzene rings is 2. The summed E-state index contributed by atoms with van der Waals surface area (Å²) in [5, 5.41) is 11.5. The van der Waals surface area contributed by atoms with Crippen LogP contribution in [0, 0.1) is 0 Å². The second-order valence-electron chi connectivity index (χ2n) is 10.3. The number of carbonyl (C=O) groups is 3. The summed E-state index contributed by atoms with van der Waals surface area (Å²) in [7, 11) is 6.21. The molecule has 11 heteroatoms. The molecule has 0 spiro atoms. The largest absolute Gasteiger partial charge is 0.493 e. The molecule has 4 N–H and O–H groups in total. The lowest BCUT2D eigenvalue weighted by Gasteiger charge is -2.19. The molecule has 3 aromatic carbocycles. The fraction of sp³-hybridized carbons (Fsp3) is 0.333. The third-order valence-corrected chi connectivity index (χ3v) is 7.47. The lowest BCUT2D eigenvalue weighted by Crippen LogP contribution is -2.26. The van der Waals surface area contributed by atoms with E-state index < -0.39 is 6.04 Å².